The summed E-state index contributed by atoms with van der Waals surface area (Å²) in [5, 5.41) is 6.92. The highest BCUT2D eigenvalue weighted by atomic mass is 32.1. The lowest BCUT2D eigenvalue weighted by Gasteiger charge is -2.06. The van der Waals surface area contributed by atoms with Crippen LogP contribution in [0.3, 0.4) is 0 Å². The van der Waals surface area contributed by atoms with Gasteiger partial charge in [0.15, 0.2) is 10.3 Å². The SMILES string of the molecule is c1ccc2sc(-n3c4ccccc4c4cc(-c5ccc6c(c5)c5ccccc5n6-c5nc6ccccc6s5)ccc43)nc2c1. The van der Waals surface area contributed by atoms with Gasteiger partial charge in [0.05, 0.1) is 42.5 Å². The van der Waals surface area contributed by atoms with Crippen molar-refractivity contribution in [2.24, 2.45) is 0 Å². The Kier molecular flexibility index (Phi) is 5.00. The number of hydrogen-bond acceptors (Lipinski definition) is 4. The van der Waals surface area contributed by atoms with Crippen LogP contribution in [0.4, 0.5) is 0 Å². The molecule has 0 aliphatic rings. The molecule has 0 atom stereocenters. The standard InChI is InChI=1S/C38H22N4S2/c1-5-13-31-25(9-1)27-21-23(17-19-33(27)41(31)37-39-29-11-3-7-15-35(29)43-37)24-18-20-34-28(22-24)26-10-2-6-14-32(26)42(34)38-40-30-12-4-8-16-36(30)44-38/h1-22H. The van der Waals surface area contributed by atoms with Crippen molar-refractivity contribution in [1.82, 2.24) is 19.1 Å². The Morgan fingerprint density at radius 1 is 0.386 bits per heavy atom. The Labute approximate surface area is 259 Å². The van der Waals surface area contributed by atoms with E-state index in [4.69, 9.17) is 9.97 Å². The second kappa shape index (κ2) is 9.10. The summed E-state index contributed by atoms with van der Waals surface area (Å²) in [6.07, 6.45) is 0. The Balaban J connectivity index is 1.18. The van der Waals surface area contributed by atoms with E-state index >= 15 is 0 Å². The monoisotopic (exact) mass is 598 g/mol. The maximum absolute atomic E-state index is 5.02. The highest BCUT2D eigenvalue weighted by molar-refractivity contribution is 7.21. The van der Waals surface area contributed by atoms with Crippen molar-refractivity contribution in [2.75, 3.05) is 0 Å². The van der Waals surface area contributed by atoms with Crippen LogP contribution in [0.25, 0.3) is 85.4 Å². The number of para-hydroxylation sites is 4. The first-order valence-electron chi connectivity index (χ1n) is 14.6. The zero-order valence-electron chi connectivity index (χ0n) is 23.3. The van der Waals surface area contributed by atoms with Gasteiger partial charge < -0.3 is 0 Å². The van der Waals surface area contributed by atoms with E-state index in [0.29, 0.717) is 0 Å². The van der Waals surface area contributed by atoms with E-state index in [1.165, 1.54) is 64.1 Å². The molecule has 4 nitrogen and oxygen atoms in total. The molecule has 0 bridgehead atoms. The minimum absolute atomic E-state index is 0.995. The molecule has 6 heteroatoms. The number of benzene rings is 6. The van der Waals surface area contributed by atoms with Crippen molar-refractivity contribution in [1.29, 1.82) is 0 Å². The Morgan fingerprint density at radius 3 is 1.27 bits per heavy atom. The lowest BCUT2D eigenvalue weighted by atomic mass is 10.0. The predicted molar refractivity (Wildman–Crippen MR) is 187 cm³/mol. The topological polar surface area (TPSA) is 35.6 Å². The fourth-order valence-electron chi connectivity index (χ4n) is 6.63. The summed E-state index contributed by atoms with van der Waals surface area (Å²) >= 11 is 3.47. The molecule has 0 N–H and O–H groups in total. The van der Waals surface area contributed by atoms with E-state index in [2.05, 4.69) is 143 Å². The van der Waals surface area contributed by atoms with E-state index in [-0.39, 0.29) is 0 Å². The molecule has 6 aromatic carbocycles. The minimum atomic E-state index is 0.995. The number of hydrogen-bond donors (Lipinski definition) is 0. The van der Waals surface area contributed by atoms with Gasteiger partial charge in [0.2, 0.25) is 0 Å². The minimum Gasteiger partial charge on any atom is -0.285 e. The van der Waals surface area contributed by atoms with Gasteiger partial charge in [0, 0.05) is 21.5 Å². The van der Waals surface area contributed by atoms with Gasteiger partial charge in [-0.2, -0.15) is 0 Å². The molecular weight excluding hydrogens is 577 g/mol. The summed E-state index contributed by atoms with van der Waals surface area (Å²) in [7, 11) is 0. The van der Waals surface area contributed by atoms with Crippen molar-refractivity contribution >= 4 is 86.7 Å². The normalized spacial score (nSPS) is 12.1. The number of thiazole rings is 2. The summed E-state index contributed by atoms with van der Waals surface area (Å²) in [6.45, 7) is 0. The third-order valence-corrected chi connectivity index (χ3v) is 10.7. The molecule has 44 heavy (non-hydrogen) atoms. The maximum atomic E-state index is 5.02. The zero-order chi connectivity index (χ0) is 28.8. The van der Waals surface area contributed by atoms with Crippen LogP contribution in [-0.4, -0.2) is 19.1 Å². The largest absolute Gasteiger partial charge is 0.285 e. The summed E-state index contributed by atoms with van der Waals surface area (Å²) in [5.74, 6) is 0. The number of fused-ring (bicyclic) bond motifs is 8. The average molecular weight is 599 g/mol. The smallest absolute Gasteiger partial charge is 0.195 e. The van der Waals surface area contributed by atoms with Crippen molar-refractivity contribution in [3.05, 3.63) is 133 Å². The van der Waals surface area contributed by atoms with E-state index in [0.717, 1.165) is 21.3 Å². The number of aromatic nitrogens is 4. The fraction of sp³-hybridized carbons (Fsp3) is 0. The van der Waals surface area contributed by atoms with Gasteiger partial charge in [-0.1, -0.05) is 95.5 Å². The number of nitrogens with zero attached hydrogens (tertiary/aromatic N) is 4. The predicted octanol–water partition coefficient (Wildman–Crippen LogP) is 10.8. The van der Waals surface area contributed by atoms with Gasteiger partial charge in [-0.25, -0.2) is 9.97 Å². The highest BCUT2D eigenvalue weighted by Crippen LogP contribution is 2.40. The van der Waals surface area contributed by atoms with E-state index < -0.39 is 0 Å². The van der Waals surface area contributed by atoms with Gasteiger partial charge in [-0.05, 0) is 71.8 Å². The van der Waals surface area contributed by atoms with Gasteiger partial charge >= 0.3 is 0 Å². The van der Waals surface area contributed by atoms with E-state index in [1.54, 1.807) is 22.7 Å². The van der Waals surface area contributed by atoms with Crippen LogP contribution in [0.2, 0.25) is 0 Å². The van der Waals surface area contributed by atoms with Crippen LogP contribution in [0.1, 0.15) is 0 Å². The zero-order valence-corrected chi connectivity index (χ0v) is 24.9. The second-order valence-electron chi connectivity index (χ2n) is 11.1. The molecule has 10 rings (SSSR count). The van der Waals surface area contributed by atoms with Crippen molar-refractivity contribution in [2.45, 2.75) is 0 Å². The lowest BCUT2D eigenvalue weighted by molar-refractivity contribution is 1.15. The molecule has 0 amide bonds. The van der Waals surface area contributed by atoms with Crippen LogP contribution in [0.15, 0.2) is 133 Å². The Hall–Kier alpha value is -5.30. The molecular formula is C38H22N4S2. The van der Waals surface area contributed by atoms with Crippen LogP contribution < -0.4 is 0 Å². The van der Waals surface area contributed by atoms with Crippen molar-refractivity contribution in [3.63, 3.8) is 0 Å². The summed E-state index contributed by atoms with van der Waals surface area (Å²) in [5.41, 5.74) is 9.15. The van der Waals surface area contributed by atoms with E-state index in [1.807, 2.05) is 0 Å². The molecule has 0 saturated heterocycles. The van der Waals surface area contributed by atoms with Crippen molar-refractivity contribution in [3.8, 4) is 21.4 Å². The molecule has 10 aromatic rings. The molecule has 0 spiro atoms. The summed E-state index contributed by atoms with van der Waals surface area (Å²) in [6, 6.07) is 47.7. The molecule has 0 radical (unpaired) electrons. The molecule has 0 saturated carbocycles. The van der Waals surface area contributed by atoms with Crippen LogP contribution >= 0.6 is 22.7 Å². The Morgan fingerprint density at radius 2 is 0.795 bits per heavy atom. The lowest BCUT2D eigenvalue weighted by Crippen LogP contribution is -1.92. The van der Waals surface area contributed by atoms with Crippen LogP contribution in [0, 0.1) is 0 Å². The average Bonchev–Trinajstić information content (AvgIpc) is 3.84. The third kappa shape index (κ3) is 3.43. The quantitative estimate of drug-likeness (QED) is 0.203. The summed E-state index contributed by atoms with van der Waals surface area (Å²) in [4.78, 5) is 10.0. The highest BCUT2D eigenvalue weighted by Gasteiger charge is 2.18. The van der Waals surface area contributed by atoms with Crippen LogP contribution in [0.5, 0.6) is 0 Å². The number of rotatable bonds is 3. The van der Waals surface area contributed by atoms with Gasteiger partial charge in [-0.15, -0.1) is 0 Å². The van der Waals surface area contributed by atoms with Gasteiger partial charge in [0.1, 0.15) is 0 Å². The Bertz CT molecular complexity index is 2480. The molecule has 0 unspecified atom stereocenters. The maximum Gasteiger partial charge on any atom is 0.195 e. The van der Waals surface area contributed by atoms with Gasteiger partial charge in [-0.3, -0.25) is 9.13 Å². The summed E-state index contributed by atoms with van der Waals surface area (Å²) < 4.78 is 7.02. The fourth-order valence-corrected chi connectivity index (χ4v) is 8.62. The molecule has 4 aromatic heterocycles. The first-order valence-corrected chi connectivity index (χ1v) is 16.2. The first kappa shape index (κ1) is 24.2. The van der Waals surface area contributed by atoms with Crippen LogP contribution in [-0.2, 0) is 0 Å². The third-order valence-electron chi connectivity index (χ3n) is 8.63. The second-order valence-corrected chi connectivity index (χ2v) is 13.1. The van der Waals surface area contributed by atoms with Gasteiger partial charge in [0.25, 0.3) is 0 Å². The van der Waals surface area contributed by atoms with E-state index in [9.17, 15) is 0 Å². The van der Waals surface area contributed by atoms with Crippen molar-refractivity contribution < 1.29 is 0 Å². The molecule has 0 fully saturated rings. The molecule has 0 aliphatic heterocycles. The first-order chi connectivity index (χ1) is 21.8. The molecule has 4 heterocycles. The molecule has 206 valence electrons. The molecule has 0 aliphatic carbocycles.